The zero-order valence-electron chi connectivity index (χ0n) is 19.1. The number of likely N-dealkylation sites (N-methyl/N-ethyl adjacent to an activating group) is 1. The average Bonchev–Trinajstić information content (AvgIpc) is 3.56. The van der Waals surface area contributed by atoms with Gasteiger partial charge in [0.15, 0.2) is 5.82 Å². The molecule has 170 valence electrons. The molecule has 5 heterocycles. The van der Waals surface area contributed by atoms with Gasteiger partial charge in [-0.1, -0.05) is 12.1 Å². The van der Waals surface area contributed by atoms with Gasteiger partial charge in [-0.05, 0) is 50.0 Å². The number of rotatable bonds is 3. The van der Waals surface area contributed by atoms with Gasteiger partial charge in [0.25, 0.3) is 0 Å². The standard InChI is InChI=1S/C26H25N7O/c1-30(2)23-15-32(16-24(23)34)25-8-7-21-20(29-25)14-31-13-19(18-5-3-17(12-27)4-6-18)11-22(31)26-28-9-10-33(21)26/h3-11,13,23-24,34H,14-16H2,1-2H3/t23-,24+/m1/s1. The van der Waals surface area contributed by atoms with Crippen LogP contribution in [0.3, 0.4) is 0 Å². The van der Waals surface area contributed by atoms with Crippen molar-refractivity contribution in [2.45, 2.75) is 18.7 Å². The SMILES string of the molecule is CN(C)[C@@H]1CN(c2ccc3c(n2)Cn2cc(-c4ccc(C#N)cc4)cc2-c2nccn2-3)C[C@@H]1O. The van der Waals surface area contributed by atoms with Crippen LogP contribution in [0.4, 0.5) is 5.82 Å². The number of fused-ring (bicyclic) bond motifs is 5. The molecule has 0 unspecified atom stereocenters. The average molecular weight is 452 g/mol. The largest absolute Gasteiger partial charge is 0.390 e. The molecule has 2 atom stereocenters. The molecule has 1 aromatic carbocycles. The minimum atomic E-state index is -0.401. The first kappa shape index (κ1) is 20.7. The minimum Gasteiger partial charge on any atom is -0.390 e. The molecule has 1 saturated heterocycles. The van der Waals surface area contributed by atoms with Crippen LogP contribution in [0.5, 0.6) is 0 Å². The first-order chi connectivity index (χ1) is 16.5. The molecular weight excluding hydrogens is 426 g/mol. The first-order valence-electron chi connectivity index (χ1n) is 11.4. The van der Waals surface area contributed by atoms with Crippen LogP contribution >= 0.6 is 0 Å². The molecule has 0 saturated carbocycles. The van der Waals surface area contributed by atoms with Crippen LogP contribution in [0.15, 0.2) is 61.1 Å². The highest BCUT2D eigenvalue weighted by molar-refractivity contribution is 5.72. The Balaban J connectivity index is 1.40. The normalized spacial score (nSPS) is 18.9. The number of β-amino-alcohol motifs (C(OH)–C–C–N with tert-alkyl or cyclic N) is 1. The zero-order chi connectivity index (χ0) is 23.4. The van der Waals surface area contributed by atoms with Crippen LogP contribution in [-0.2, 0) is 6.54 Å². The molecule has 34 heavy (non-hydrogen) atoms. The highest BCUT2D eigenvalue weighted by Gasteiger charge is 2.34. The maximum atomic E-state index is 10.5. The molecule has 0 amide bonds. The smallest absolute Gasteiger partial charge is 0.161 e. The summed E-state index contributed by atoms with van der Waals surface area (Å²) >= 11 is 0. The van der Waals surface area contributed by atoms with Gasteiger partial charge in [-0.15, -0.1) is 0 Å². The molecular formula is C26H25N7O. The van der Waals surface area contributed by atoms with Crippen molar-refractivity contribution in [3.8, 4) is 34.4 Å². The van der Waals surface area contributed by atoms with Crippen molar-refractivity contribution in [2.24, 2.45) is 0 Å². The van der Waals surface area contributed by atoms with E-state index in [9.17, 15) is 5.11 Å². The number of pyridine rings is 1. The maximum Gasteiger partial charge on any atom is 0.161 e. The van der Waals surface area contributed by atoms with E-state index in [4.69, 9.17) is 10.2 Å². The van der Waals surface area contributed by atoms with Crippen molar-refractivity contribution in [1.29, 1.82) is 5.26 Å². The summed E-state index contributed by atoms with van der Waals surface area (Å²) < 4.78 is 4.28. The van der Waals surface area contributed by atoms with Crippen molar-refractivity contribution >= 4 is 5.82 Å². The molecule has 0 spiro atoms. The van der Waals surface area contributed by atoms with E-state index < -0.39 is 6.10 Å². The van der Waals surface area contributed by atoms with E-state index in [1.54, 1.807) is 0 Å². The summed E-state index contributed by atoms with van der Waals surface area (Å²) in [6.07, 6.45) is 5.51. The molecule has 6 rings (SSSR count). The van der Waals surface area contributed by atoms with Gasteiger partial charge in [-0.3, -0.25) is 4.57 Å². The zero-order valence-corrected chi connectivity index (χ0v) is 19.1. The van der Waals surface area contributed by atoms with Gasteiger partial charge >= 0.3 is 0 Å². The lowest BCUT2D eigenvalue weighted by Gasteiger charge is -2.22. The van der Waals surface area contributed by atoms with Gasteiger partial charge in [0.05, 0.1) is 47.4 Å². The van der Waals surface area contributed by atoms with Crippen molar-refractivity contribution in [1.82, 2.24) is 24.0 Å². The number of hydrogen-bond acceptors (Lipinski definition) is 6. The number of benzene rings is 1. The number of aromatic nitrogens is 4. The van der Waals surface area contributed by atoms with E-state index in [1.165, 1.54) is 0 Å². The highest BCUT2D eigenvalue weighted by Crippen LogP contribution is 2.34. The maximum absolute atomic E-state index is 10.5. The van der Waals surface area contributed by atoms with Crippen LogP contribution in [0.1, 0.15) is 11.3 Å². The number of hydrogen-bond donors (Lipinski definition) is 1. The summed E-state index contributed by atoms with van der Waals surface area (Å²) in [6.45, 7) is 1.93. The Morgan fingerprint density at radius 3 is 2.65 bits per heavy atom. The Kier molecular flexibility index (Phi) is 4.76. The molecule has 1 fully saturated rings. The molecule has 3 aromatic heterocycles. The summed E-state index contributed by atoms with van der Waals surface area (Å²) in [5.74, 6) is 1.75. The van der Waals surface area contributed by atoms with Crippen molar-refractivity contribution < 1.29 is 5.11 Å². The Labute approximate surface area is 197 Å². The third-order valence-corrected chi connectivity index (χ3v) is 6.88. The van der Waals surface area contributed by atoms with Crippen molar-refractivity contribution in [3.63, 3.8) is 0 Å². The fourth-order valence-electron chi connectivity index (χ4n) is 5.03. The Hall–Kier alpha value is -3.93. The molecule has 0 radical (unpaired) electrons. The number of aliphatic hydroxyl groups is 1. The van der Waals surface area contributed by atoms with E-state index in [1.807, 2.05) is 56.8 Å². The summed E-state index contributed by atoms with van der Waals surface area (Å²) in [4.78, 5) is 13.9. The lowest BCUT2D eigenvalue weighted by molar-refractivity contribution is 0.114. The van der Waals surface area contributed by atoms with Crippen LogP contribution in [-0.4, -0.2) is 68.4 Å². The van der Waals surface area contributed by atoms with Gasteiger partial charge < -0.3 is 19.5 Å². The quantitative estimate of drug-likeness (QED) is 0.454. The highest BCUT2D eigenvalue weighted by atomic mass is 16.3. The van der Waals surface area contributed by atoms with Crippen LogP contribution in [0, 0.1) is 11.3 Å². The lowest BCUT2D eigenvalue weighted by Crippen LogP contribution is -2.38. The van der Waals surface area contributed by atoms with Crippen molar-refractivity contribution in [3.05, 3.63) is 72.3 Å². The summed E-state index contributed by atoms with van der Waals surface area (Å²) in [5, 5.41) is 19.6. The van der Waals surface area contributed by atoms with E-state index in [2.05, 4.69) is 48.3 Å². The minimum absolute atomic E-state index is 0.0897. The Morgan fingerprint density at radius 1 is 1.09 bits per heavy atom. The van der Waals surface area contributed by atoms with Crippen molar-refractivity contribution in [2.75, 3.05) is 32.1 Å². The summed E-state index contributed by atoms with van der Waals surface area (Å²) in [7, 11) is 4.00. The second kappa shape index (κ2) is 7.83. The van der Waals surface area contributed by atoms with Crippen LogP contribution < -0.4 is 4.90 Å². The fourth-order valence-corrected chi connectivity index (χ4v) is 5.03. The van der Waals surface area contributed by atoms with Gasteiger partial charge in [-0.25, -0.2) is 9.97 Å². The first-order valence-corrected chi connectivity index (χ1v) is 11.4. The number of nitriles is 1. The van der Waals surface area contributed by atoms with Gasteiger partial charge in [0, 0.05) is 37.2 Å². The van der Waals surface area contributed by atoms with Crippen LogP contribution in [0.2, 0.25) is 0 Å². The van der Waals surface area contributed by atoms with Gasteiger partial charge in [0.1, 0.15) is 5.82 Å². The second-order valence-electron chi connectivity index (χ2n) is 9.19. The summed E-state index contributed by atoms with van der Waals surface area (Å²) in [6, 6.07) is 16.2. The van der Waals surface area contributed by atoms with E-state index >= 15 is 0 Å². The number of imidazole rings is 1. The topological polar surface area (TPSA) is 86.1 Å². The predicted octanol–water partition coefficient (Wildman–Crippen LogP) is 2.75. The molecule has 0 bridgehead atoms. The third-order valence-electron chi connectivity index (χ3n) is 6.88. The Bertz CT molecular complexity index is 1410. The van der Waals surface area contributed by atoms with E-state index in [0.29, 0.717) is 18.7 Å². The predicted molar refractivity (Wildman–Crippen MR) is 130 cm³/mol. The van der Waals surface area contributed by atoms with E-state index in [0.717, 1.165) is 46.4 Å². The third kappa shape index (κ3) is 3.29. The molecule has 2 aliphatic heterocycles. The Morgan fingerprint density at radius 2 is 1.91 bits per heavy atom. The fraction of sp³-hybridized carbons (Fsp3) is 0.269. The lowest BCUT2D eigenvalue weighted by atomic mass is 10.1. The molecule has 8 nitrogen and oxygen atoms in total. The molecule has 0 aliphatic carbocycles. The number of nitrogens with zero attached hydrogens (tertiary/aromatic N) is 7. The van der Waals surface area contributed by atoms with E-state index in [-0.39, 0.29) is 6.04 Å². The molecule has 4 aromatic rings. The molecule has 8 heteroatoms. The number of aliphatic hydroxyl groups excluding tert-OH is 1. The molecule has 2 aliphatic rings. The summed E-state index contributed by atoms with van der Waals surface area (Å²) in [5.41, 5.74) is 5.78. The second-order valence-corrected chi connectivity index (χ2v) is 9.19. The number of anilines is 1. The monoisotopic (exact) mass is 451 g/mol. The molecule has 1 N–H and O–H groups in total. The van der Waals surface area contributed by atoms with Gasteiger partial charge in [-0.2, -0.15) is 5.26 Å². The van der Waals surface area contributed by atoms with Crippen LogP contribution in [0.25, 0.3) is 28.3 Å². The van der Waals surface area contributed by atoms with Gasteiger partial charge in [0.2, 0.25) is 0 Å².